The number of rotatable bonds is 6. The number of benzene rings is 1. The van der Waals surface area contributed by atoms with Gasteiger partial charge in [-0.05, 0) is 13.0 Å². The quantitative estimate of drug-likeness (QED) is 0.819. The van der Waals surface area contributed by atoms with E-state index >= 15 is 0 Å². The summed E-state index contributed by atoms with van der Waals surface area (Å²) in [6.07, 6.45) is -0.697. The lowest BCUT2D eigenvalue weighted by molar-refractivity contribution is 0.210. The van der Waals surface area contributed by atoms with Gasteiger partial charge < -0.3 is 23.9 Å². The van der Waals surface area contributed by atoms with Gasteiger partial charge in [-0.2, -0.15) is 0 Å². The maximum atomic E-state index is 12.8. The summed E-state index contributed by atoms with van der Waals surface area (Å²) in [6, 6.07) is 3.50. The predicted octanol–water partition coefficient (Wildman–Crippen LogP) is 2.04. The van der Waals surface area contributed by atoms with E-state index in [1.54, 1.807) is 33.2 Å². The number of hydrogen-bond donors (Lipinski definition) is 1. The molecule has 1 heterocycles. The van der Waals surface area contributed by atoms with Crippen molar-refractivity contribution in [2.75, 3.05) is 21.3 Å². The van der Waals surface area contributed by atoms with Crippen LogP contribution in [0.4, 0.5) is 0 Å². The van der Waals surface area contributed by atoms with Crippen LogP contribution < -0.4 is 19.8 Å². The zero-order valence-corrected chi connectivity index (χ0v) is 14.7. The van der Waals surface area contributed by atoms with Crippen molar-refractivity contribution in [3.05, 3.63) is 40.2 Å². The van der Waals surface area contributed by atoms with Crippen molar-refractivity contribution in [2.24, 2.45) is 7.05 Å². The van der Waals surface area contributed by atoms with E-state index in [2.05, 4.69) is 6.58 Å². The first-order valence-corrected chi connectivity index (χ1v) is 7.50. The van der Waals surface area contributed by atoms with E-state index in [0.29, 0.717) is 39.3 Å². The number of fused-ring (bicyclic) bond motifs is 1. The molecule has 0 aliphatic rings. The predicted molar refractivity (Wildman–Crippen MR) is 93.4 cm³/mol. The van der Waals surface area contributed by atoms with Crippen molar-refractivity contribution in [3.63, 3.8) is 0 Å². The van der Waals surface area contributed by atoms with Gasteiger partial charge in [0.2, 0.25) is 0 Å². The molecule has 0 aliphatic carbocycles. The monoisotopic (exact) mass is 333 g/mol. The SMILES string of the molecule is C=C(C)C(O)Cc1c(OC)c2cc(OC)cc(OC)c2n(C)c1=O. The smallest absolute Gasteiger partial charge is 0.257 e. The van der Waals surface area contributed by atoms with Crippen LogP contribution in [-0.2, 0) is 13.5 Å². The molecule has 24 heavy (non-hydrogen) atoms. The largest absolute Gasteiger partial charge is 0.497 e. The molecule has 1 aromatic heterocycles. The highest BCUT2D eigenvalue weighted by molar-refractivity contribution is 5.92. The summed E-state index contributed by atoms with van der Waals surface area (Å²) in [5.74, 6) is 1.50. The van der Waals surface area contributed by atoms with Crippen LogP contribution >= 0.6 is 0 Å². The van der Waals surface area contributed by atoms with Gasteiger partial charge in [-0.3, -0.25) is 4.79 Å². The summed E-state index contributed by atoms with van der Waals surface area (Å²) < 4.78 is 17.7. The molecule has 1 aromatic carbocycles. The Labute approximate surface area is 140 Å². The summed E-state index contributed by atoms with van der Waals surface area (Å²) in [5, 5.41) is 10.8. The molecule has 1 N–H and O–H groups in total. The van der Waals surface area contributed by atoms with Gasteiger partial charge in [-0.15, -0.1) is 0 Å². The zero-order chi connectivity index (χ0) is 18.0. The number of aliphatic hydroxyl groups excluding tert-OH is 1. The van der Waals surface area contributed by atoms with Gasteiger partial charge in [0.25, 0.3) is 5.56 Å². The molecule has 0 saturated carbocycles. The minimum atomic E-state index is -0.823. The van der Waals surface area contributed by atoms with Gasteiger partial charge in [0.1, 0.15) is 17.2 Å². The average molecular weight is 333 g/mol. The first kappa shape index (κ1) is 17.9. The highest BCUT2D eigenvalue weighted by Crippen LogP contribution is 2.37. The molecule has 1 atom stereocenters. The van der Waals surface area contributed by atoms with Crippen molar-refractivity contribution in [1.29, 1.82) is 0 Å². The number of aliphatic hydroxyl groups is 1. The zero-order valence-electron chi connectivity index (χ0n) is 14.7. The number of aryl methyl sites for hydroxylation is 1. The average Bonchev–Trinajstić information content (AvgIpc) is 2.58. The summed E-state index contributed by atoms with van der Waals surface area (Å²) >= 11 is 0. The third-order valence-electron chi connectivity index (χ3n) is 4.09. The Morgan fingerprint density at radius 2 is 1.92 bits per heavy atom. The Bertz CT molecular complexity index is 838. The Kier molecular flexibility index (Phi) is 5.19. The van der Waals surface area contributed by atoms with Crippen molar-refractivity contribution >= 4 is 10.9 Å². The van der Waals surface area contributed by atoms with E-state index in [1.807, 2.05) is 0 Å². The minimum Gasteiger partial charge on any atom is -0.497 e. The lowest BCUT2D eigenvalue weighted by Crippen LogP contribution is -2.26. The topological polar surface area (TPSA) is 69.9 Å². The highest BCUT2D eigenvalue weighted by atomic mass is 16.5. The molecule has 2 rings (SSSR count). The molecule has 0 radical (unpaired) electrons. The number of nitrogens with zero attached hydrogens (tertiary/aromatic N) is 1. The standard InChI is InChI=1S/C18H23NO5/c1-10(2)14(20)9-13-17(24-6)12-7-11(22-4)8-15(23-5)16(12)19(3)18(13)21/h7-8,14,20H,1,9H2,2-6H3. The van der Waals surface area contributed by atoms with Crippen LogP contribution in [-0.4, -0.2) is 37.1 Å². The number of pyridine rings is 1. The van der Waals surface area contributed by atoms with Gasteiger partial charge >= 0.3 is 0 Å². The summed E-state index contributed by atoms with van der Waals surface area (Å²) in [5.41, 5.74) is 1.33. The van der Waals surface area contributed by atoms with Crippen LogP contribution in [0.15, 0.2) is 29.1 Å². The Morgan fingerprint density at radius 3 is 2.42 bits per heavy atom. The molecule has 130 valence electrons. The molecule has 2 aromatic rings. The van der Waals surface area contributed by atoms with E-state index in [4.69, 9.17) is 14.2 Å². The number of methoxy groups -OCH3 is 3. The van der Waals surface area contributed by atoms with Crippen LogP contribution in [0, 0.1) is 0 Å². The third-order valence-corrected chi connectivity index (χ3v) is 4.09. The summed E-state index contributed by atoms with van der Waals surface area (Å²) in [7, 11) is 6.25. The fourth-order valence-electron chi connectivity index (χ4n) is 2.72. The molecular formula is C18H23NO5. The van der Waals surface area contributed by atoms with Crippen LogP contribution in [0.1, 0.15) is 12.5 Å². The van der Waals surface area contributed by atoms with Gasteiger partial charge in [0.05, 0.1) is 38.5 Å². The second-order valence-corrected chi connectivity index (χ2v) is 5.67. The molecule has 0 aliphatic heterocycles. The van der Waals surface area contributed by atoms with Crippen LogP contribution in [0.25, 0.3) is 10.9 Å². The van der Waals surface area contributed by atoms with Gasteiger partial charge in [0, 0.05) is 24.9 Å². The highest BCUT2D eigenvalue weighted by Gasteiger charge is 2.22. The normalized spacial score (nSPS) is 12.1. The van der Waals surface area contributed by atoms with Gasteiger partial charge in [0.15, 0.2) is 0 Å². The molecule has 0 saturated heterocycles. The Morgan fingerprint density at radius 1 is 1.25 bits per heavy atom. The second kappa shape index (κ2) is 6.97. The van der Waals surface area contributed by atoms with E-state index in [1.165, 1.54) is 18.8 Å². The molecule has 0 amide bonds. The van der Waals surface area contributed by atoms with Gasteiger partial charge in [-0.1, -0.05) is 12.2 Å². The van der Waals surface area contributed by atoms with E-state index in [0.717, 1.165) is 0 Å². The first-order chi connectivity index (χ1) is 11.3. The fraction of sp³-hybridized carbons (Fsp3) is 0.389. The Hall–Kier alpha value is -2.47. The van der Waals surface area contributed by atoms with Crippen molar-refractivity contribution in [1.82, 2.24) is 4.57 Å². The van der Waals surface area contributed by atoms with Gasteiger partial charge in [-0.25, -0.2) is 0 Å². The van der Waals surface area contributed by atoms with E-state index in [9.17, 15) is 9.90 Å². The molecule has 6 heteroatoms. The minimum absolute atomic E-state index is 0.126. The lowest BCUT2D eigenvalue weighted by Gasteiger charge is -2.19. The Balaban J connectivity index is 2.88. The van der Waals surface area contributed by atoms with Crippen LogP contribution in [0.5, 0.6) is 17.2 Å². The van der Waals surface area contributed by atoms with Crippen molar-refractivity contribution in [3.8, 4) is 17.2 Å². The first-order valence-electron chi connectivity index (χ1n) is 7.50. The summed E-state index contributed by atoms with van der Waals surface area (Å²) in [6.45, 7) is 5.45. The third kappa shape index (κ3) is 2.97. The maximum absolute atomic E-state index is 12.8. The van der Waals surface area contributed by atoms with Crippen LogP contribution in [0.2, 0.25) is 0 Å². The molecular weight excluding hydrogens is 310 g/mol. The van der Waals surface area contributed by atoms with Crippen molar-refractivity contribution in [2.45, 2.75) is 19.4 Å². The molecule has 6 nitrogen and oxygen atoms in total. The fourth-order valence-corrected chi connectivity index (χ4v) is 2.72. The van der Waals surface area contributed by atoms with E-state index < -0.39 is 6.10 Å². The van der Waals surface area contributed by atoms with Crippen LogP contribution in [0.3, 0.4) is 0 Å². The molecule has 0 spiro atoms. The lowest BCUT2D eigenvalue weighted by atomic mass is 10.0. The number of hydrogen-bond acceptors (Lipinski definition) is 5. The molecule has 0 bridgehead atoms. The maximum Gasteiger partial charge on any atom is 0.257 e. The summed E-state index contributed by atoms with van der Waals surface area (Å²) in [4.78, 5) is 12.8. The second-order valence-electron chi connectivity index (χ2n) is 5.67. The number of ether oxygens (including phenoxy) is 3. The number of aromatic nitrogens is 1. The van der Waals surface area contributed by atoms with E-state index in [-0.39, 0.29) is 12.0 Å². The van der Waals surface area contributed by atoms with Crippen molar-refractivity contribution < 1.29 is 19.3 Å². The molecule has 0 fully saturated rings. The molecule has 1 unspecified atom stereocenters.